The van der Waals surface area contributed by atoms with Crippen LogP contribution in [-0.2, 0) is 14.3 Å². The average Bonchev–Trinajstić information content (AvgIpc) is 3.50. The molecule has 2 saturated carbocycles. The monoisotopic (exact) mass is 546 g/mol. The number of halogens is 1. The number of hydrogen-bond acceptors (Lipinski definition) is 6. The number of carbonyl (C=O) groups excluding carboxylic acids is 2. The topological polar surface area (TPSA) is 123 Å². The molecule has 0 aromatic heterocycles. The largest absolute Gasteiger partial charge is 0.496 e. The van der Waals surface area contributed by atoms with Crippen LogP contribution in [0, 0.1) is 22.6 Å². The summed E-state index contributed by atoms with van der Waals surface area (Å²) in [5.41, 5.74) is -0.580. The standard InChI is InChI=1S/C29H39FN2O7/c1-28(9-4-10-28)15-31-26(34)23-19-5-6-20(39-19)24(23)32-25(33)17-13-22(18(30)14-21(17)37-3)38-16-7-11-29(2,12-8-16)27(35)36/h13-14,16,19-20,23-24H,4-12,15H2,1-3H3,(H,31,34)(H,32,33)(H,35,36)/t16?,19-,20+,23?,24?,29?/m0/s1. The molecule has 4 aliphatic rings. The molecule has 2 amide bonds. The van der Waals surface area contributed by atoms with Crippen molar-refractivity contribution in [2.45, 2.75) is 96.0 Å². The molecule has 1 aromatic rings. The van der Waals surface area contributed by atoms with Gasteiger partial charge in [-0.1, -0.05) is 13.3 Å². The molecule has 2 heterocycles. The van der Waals surface area contributed by atoms with Crippen molar-refractivity contribution >= 4 is 17.8 Å². The van der Waals surface area contributed by atoms with Crippen molar-refractivity contribution in [1.29, 1.82) is 0 Å². The Labute approximate surface area is 228 Å². The molecule has 4 fully saturated rings. The van der Waals surface area contributed by atoms with Gasteiger partial charge in [-0.25, -0.2) is 4.39 Å². The van der Waals surface area contributed by atoms with Gasteiger partial charge in [0.25, 0.3) is 5.91 Å². The predicted molar refractivity (Wildman–Crippen MR) is 139 cm³/mol. The number of aliphatic carboxylic acids is 1. The van der Waals surface area contributed by atoms with Crippen LogP contribution in [0.4, 0.5) is 4.39 Å². The van der Waals surface area contributed by atoms with E-state index in [1.165, 1.54) is 19.6 Å². The fourth-order valence-corrected chi connectivity index (χ4v) is 6.51. The number of benzene rings is 1. The number of rotatable bonds is 9. The Morgan fingerprint density at radius 1 is 1.05 bits per heavy atom. The van der Waals surface area contributed by atoms with Crippen LogP contribution >= 0.6 is 0 Å². The third kappa shape index (κ3) is 5.44. The second-order valence-electron chi connectivity index (χ2n) is 12.4. The molecular formula is C29H39FN2O7. The van der Waals surface area contributed by atoms with Crippen LogP contribution in [0.15, 0.2) is 12.1 Å². The number of fused-ring (bicyclic) bond motifs is 2. The summed E-state index contributed by atoms with van der Waals surface area (Å²) in [4.78, 5) is 38.2. The second-order valence-corrected chi connectivity index (χ2v) is 12.4. The van der Waals surface area contributed by atoms with E-state index >= 15 is 0 Å². The van der Waals surface area contributed by atoms with Gasteiger partial charge in [-0.15, -0.1) is 0 Å². The minimum Gasteiger partial charge on any atom is -0.496 e. The molecule has 4 atom stereocenters. The molecule has 2 bridgehead atoms. The maximum Gasteiger partial charge on any atom is 0.309 e. The zero-order valence-electron chi connectivity index (χ0n) is 22.9. The van der Waals surface area contributed by atoms with E-state index in [4.69, 9.17) is 14.2 Å². The van der Waals surface area contributed by atoms with Gasteiger partial charge in [0, 0.05) is 12.6 Å². The number of methoxy groups -OCH3 is 1. The summed E-state index contributed by atoms with van der Waals surface area (Å²) in [5, 5.41) is 15.5. The Kier molecular flexibility index (Phi) is 7.52. The Bertz CT molecular complexity index is 1130. The molecule has 1 aromatic carbocycles. The van der Waals surface area contributed by atoms with Crippen LogP contribution in [0.25, 0.3) is 0 Å². The number of ether oxygens (including phenoxy) is 3. The third-order valence-electron chi connectivity index (χ3n) is 9.47. The normalized spacial score (nSPS) is 32.7. The van der Waals surface area contributed by atoms with E-state index in [0.29, 0.717) is 32.2 Å². The van der Waals surface area contributed by atoms with Crippen molar-refractivity contribution < 1.29 is 38.1 Å². The molecule has 2 aliphatic carbocycles. The van der Waals surface area contributed by atoms with Crippen molar-refractivity contribution in [3.05, 3.63) is 23.5 Å². The number of hydrogen-bond donors (Lipinski definition) is 3. The van der Waals surface area contributed by atoms with Crippen molar-refractivity contribution in [3.8, 4) is 11.5 Å². The SMILES string of the molecule is COc1cc(F)c(OC2CCC(C)(C(=O)O)CC2)cc1C(=O)NC1C(C(=O)NCC2(C)CCC2)[C@@H]2CC[C@H]1O2. The zero-order valence-corrected chi connectivity index (χ0v) is 22.9. The molecule has 39 heavy (non-hydrogen) atoms. The highest BCUT2D eigenvalue weighted by Crippen LogP contribution is 2.42. The third-order valence-corrected chi connectivity index (χ3v) is 9.47. The van der Waals surface area contributed by atoms with Gasteiger partial charge in [0.15, 0.2) is 11.6 Å². The Balaban J connectivity index is 1.28. The Morgan fingerprint density at radius 3 is 2.36 bits per heavy atom. The molecule has 2 saturated heterocycles. The first-order chi connectivity index (χ1) is 18.5. The van der Waals surface area contributed by atoms with E-state index < -0.39 is 35.1 Å². The van der Waals surface area contributed by atoms with Gasteiger partial charge in [0.1, 0.15) is 5.75 Å². The molecular weight excluding hydrogens is 507 g/mol. The quantitative estimate of drug-likeness (QED) is 0.430. The van der Waals surface area contributed by atoms with Crippen molar-refractivity contribution in [2.24, 2.45) is 16.7 Å². The molecule has 0 spiro atoms. The number of carboxylic acid groups (broad SMARTS) is 1. The lowest BCUT2D eigenvalue weighted by Crippen LogP contribution is -2.53. The highest BCUT2D eigenvalue weighted by atomic mass is 19.1. The average molecular weight is 547 g/mol. The minimum atomic E-state index is -0.843. The first-order valence-electron chi connectivity index (χ1n) is 14.0. The predicted octanol–water partition coefficient (Wildman–Crippen LogP) is 3.83. The van der Waals surface area contributed by atoms with Gasteiger partial charge in [-0.3, -0.25) is 14.4 Å². The van der Waals surface area contributed by atoms with Crippen LogP contribution in [0.2, 0.25) is 0 Å². The molecule has 0 radical (unpaired) electrons. The lowest BCUT2D eigenvalue weighted by Gasteiger charge is -2.39. The van der Waals surface area contributed by atoms with Crippen LogP contribution in [0.1, 0.15) is 82.0 Å². The summed E-state index contributed by atoms with van der Waals surface area (Å²) < 4.78 is 32.2. The van der Waals surface area contributed by atoms with Gasteiger partial charge in [-0.2, -0.15) is 0 Å². The van der Waals surface area contributed by atoms with E-state index in [-0.39, 0.29) is 46.7 Å². The van der Waals surface area contributed by atoms with Gasteiger partial charge in [-0.05, 0) is 69.8 Å². The molecule has 10 heteroatoms. The van der Waals surface area contributed by atoms with E-state index in [9.17, 15) is 23.9 Å². The van der Waals surface area contributed by atoms with E-state index in [1.807, 2.05) is 0 Å². The van der Waals surface area contributed by atoms with Gasteiger partial charge >= 0.3 is 5.97 Å². The van der Waals surface area contributed by atoms with Crippen LogP contribution in [-0.4, -0.2) is 60.9 Å². The fourth-order valence-electron chi connectivity index (χ4n) is 6.51. The van der Waals surface area contributed by atoms with Crippen molar-refractivity contribution in [2.75, 3.05) is 13.7 Å². The number of nitrogens with one attached hydrogen (secondary N) is 2. The fraction of sp³-hybridized carbons (Fsp3) is 0.690. The number of carboxylic acids is 1. The summed E-state index contributed by atoms with van der Waals surface area (Å²) in [6.07, 6.45) is 5.79. The Hall–Kier alpha value is -2.88. The van der Waals surface area contributed by atoms with Gasteiger partial charge in [0.05, 0.1) is 48.4 Å². The van der Waals surface area contributed by atoms with Gasteiger partial charge < -0.3 is 30.0 Å². The maximum absolute atomic E-state index is 14.9. The highest BCUT2D eigenvalue weighted by molar-refractivity contribution is 5.98. The second kappa shape index (κ2) is 10.6. The summed E-state index contributed by atoms with van der Waals surface area (Å²) in [6, 6.07) is 1.95. The van der Waals surface area contributed by atoms with Crippen molar-refractivity contribution in [3.63, 3.8) is 0 Å². The smallest absolute Gasteiger partial charge is 0.309 e. The molecule has 2 aliphatic heterocycles. The Morgan fingerprint density at radius 2 is 1.74 bits per heavy atom. The minimum absolute atomic E-state index is 0.0578. The molecule has 2 unspecified atom stereocenters. The summed E-state index contributed by atoms with van der Waals surface area (Å²) in [5.74, 6) is -2.64. The maximum atomic E-state index is 14.9. The van der Waals surface area contributed by atoms with Crippen LogP contribution < -0.4 is 20.1 Å². The lowest BCUT2D eigenvalue weighted by atomic mass is 9.70. The summed E-state index contributed by atoms with van der Waals surface area (Å²) in [7, 11) is 1.36. The lowest BCUT2D eigenvalue weighted by molar-refractivity contribution is -0.150. The summed E-state index contributed by atoms with van der Waals surface area (Å²) >= 11 is 0. The highest BCUT2D eigenvalue weighted by Gasteiger charge is 2.53. The molecule has 5 rings (SSSR count). The van der Waals surface area contributed by atoms with Gasteiger partial charge in [0.2, 0.25) is 5.91 Å². The van der Waals surface area contributed by atoms with Crippen molar-refractivity contribution in [1.82, 2.24) is 10.6 Å². The number of carbonyl (C=O) groups is 3. The van der Waals surface area contributed by atoms with Crippen LogP contribution in [0.5, 0.6) is 11.5 Å². The first kappa shape index (κ1) is 27.7. The first-order valence-corrected chi connectivity index (χ1v) is 14.0. The zero-order chi connectivity index (χ0) is 27.9. The van der Waals surface area contributed by atoms with E-state index in [1.54, 1.807) is 6.92 Å². The summed E-state index contributed by atoms with van der Waals surface area (Å²) in [6.45, 7) is 4.49. The molecule has 3 N–H and O–H groups in total. The molecule has 9 nitrogen and oxygen atoms in total. The van der Waals surface area contributed by atoms with Crippen LogP contribution in [0.3, 0.4) is 0 Å². The van der Waals surface area contributed by atoms with E-state index in [2.05, 4.69) is 17.6 Å². The van der Waals surface area contributed by atoms with E-state index in [0.717, 1.165) is 31.7 Å². The number of amides is 2. The molecule has 214 valence electrons.